The molecule has 2 aliphatic carbocycles. The molecule has 7 rings (SSSR count). The normalized spacial score (nSPS) is 15.4. The Bertz CT molecular complexity index is 2160. The first-order valence-electron chi connectivity index (χ1n) is 13.9. The third-order valence-electron chi connectivity index (χ3n) is 8.44. The lowest BCUT2D eigenvalue weighted by molar-refractivity contribution is -0.138. The van der Waals surface area contributed by atoms with Crippen molar-refractivity contribution in [1.82, 2.24) is 5.32 Å². The number of fused-ring (bicyclic) bond motifs is 6. The fourth-order valence-corrected chi connectivity index (χ4v) is 6.29. The van der Waals surface area contributed by atoms with Gasteiger partial charge in [-0.05, 0) is 104 Å². The molecule has 1 N–H and O–H groups in total. The minimum absolute atomic E-state index is 0.420. The predicted molar refractivity (Wildman–Crippen MR) is 160 cm³/mol. The summed E-state index contributed by atoms with van der Waals surface area (Å²) < 4.78 is 78.6. The molecule has 0 radical (unpaired) electrons. The molecule has 1 unspecified atom stereocenters. The fraction of sp³-hybridized carbons (Fsp3) is 0.0833. The second-order valence-corrected chi connectivity index (χ2v) is 10.9. The van der Waals surface area contributed by atoms with Crippen LogP contribution in [-0.2, 0) is 12.4 Å². The highest BCUT2D eigenvalue weighted by Crippen LogP contribution is 2.50. The number of hydrogen-bond donors (Lipinski definition) is 1. The Morgan fingerprint density at radius 1 is 0.522 bits per heavy atom. The number of aliphatic imine (C=N–C) groups is 1. The van der Waals surface area contributed by atoms with Gasteiger partial charge in [0.05, 0.1) is 22.9 Å². The summed E-state index contributed by atoms with van der Waals surface area (Å²) in [5.41, 5.74) is 7.53. The average molecular weight is 621 g/mol. The monoisotopic (exact) mass is 620 g/mol. The zero-order chi connectivity index (χ0) is 32.4. The molecule has 0 saturated heterocycles. The predicted octanol–water partition coefficient (Wildman–Crippen LogP) is 9.50. The zero-order valence-electron chi connectivity index (χ0n) is 23.4. The van der Waals surface area contributed by atoms with Crippen molar-refractivity contribution >= 4 is 5.71 Å². The van der Waals surface area contributed by atoms with Gasteiger partial charge in [0, 0.05) is 11.1 Å². The van der Waals surface area contributed by atoms with Gasteiger partial charge in [-0.2, -0.15) is 41.9 Å². The van der Waals surface area contributed by atoms with Crippen molar-refractivity contribution in [3.63, 3.8) is 0 Å². The van der Waals surface area contributed by atoms with Crippen molar-refractivity contribution in [1.29, 1.82) is 10.5 Å². The highest BCUT2D eigenvalue weighted by atomic mass is 19.4. The van der Waals surface area contributed by atoms with E-state index in [2.05, 4.69) is 10.3 Å². The fourth-order valence-electron chi connectivity index (χ4n) is 6.29. The molecule has 0 heterocycles. The number of halogens is 6. The van der Waals surface area contributed by atoms with Gasteiger partial charge < -0.3 is 5.32 Å². The average Bonchev–Trinajstić information content (AvgIpc) is 3.50. The molecule has 46 heavy (non-hydrogen) atoms. The summed E-state index contributed by atoms with van der Waals surface area (Å²) in [5.74, 6) is 0. The van der Waals surface area contributed by atoms with E-state index in [0.29, 0.717) is 39.1 Å². The SMILES string of the molecule is N#CN=C1c2cc(-c3ccc(C(F)(F)F)cc3)ccc2-c2cc3c(cc21)-c1ccc(-c2ccc(C(F)(F)F)cc2)cc1C3NC#N. The molecule has 0 bridgehead atoms. The van der Waals surface area contributed by atoms with Crippen LogP contribution in [0.5, 0.6) is 0 Å². The Labute approximate surface area is 258 Å². The van der Waals surface area contributed by atoms with E-state index in [4.69, 9.17) is 0 Å². The summed E-state index contributed by atoms with van der Waals surface area (Å²) in [6.07, 6.45) is -5.02. The highest BCUT2D eigenvalue weighted by molar-refractivity contribution is 6.26. The van der Waals surface area contributed by atoms with Crippen LogP contribution < -0.4 is 5.32 Å². The van der Waals surface area contributed by atoms with Crippen LogP contribution in [-0.4, -0.2) is 5.71 Å². The summed E-state index contributed by atoms with van der Waals surface area (Å²) in [6.45, 7) is 0. The number of alkyl halides is 6. The minimum atomic E-state index is -4.45. The van der Waals surface area contributed by atoms with Crippen LogP contribution in [0.3, 0.4) is 0 Å². The Morgan fingerprint density at radius 2 is 1.02 bits per heavy atom. The number of nitrogens with zero attached hydrogens (tertiary/aromatic N) is 3. The van der Waals surface area contributed by atoms with E-state index in [9.17, 15) is 36.9 Å². The Morgan fingerprint density at radius 3 is 1.57 bits per heavy atom. The van der Waals surface area contributed by atoms with Crippen LogP contribution in [0.2, 0.25) is 0 Å². The molecule has 0 fully saturated rings. The minimum Gasteiger partial charge on any atom is -0.312 e. The van der Waals surface area contributed by atoms with Gasteiger partial charge in [0.15, 0.2) is 6.19 Å². The maximum absolute atomic E-state index is 13.1. The van der Waals surface area contributed by atoms with Gasteiger partial charge >= 0.3 is 12.4 Å². The quantitative estimate of drug-likeness (QED) is 0.122. The van der Waals surface area contributed by atoms with Crippen molar-refractivity contribution in [2.24, 2.45) is 4.99 Å². The lowest BCUT2D eigenvalue weighted by atomic mass is 9.96. The van der Waals surface area contributed by atoms with Gasteiger partial charge in [-0.25, -0.2) is 0 Å². The van der Waals surface area contributed by atoms with Crippen LogP contribution in [0.4, 0.5) is 26.3 Å². The third kappa shape index (κ3) is 4.67. The molecule has 0 aliphatic heterocycles. The highest BCUT2D eigenvalue weighted by Gasteiger charge is 2.35. The molecule has 224 valence electrons. The molecular weight excluding hydrogens is 602 g/mol. The summed E-state index contributed by atoms with van der Waals surface area (Å²) in [6, 6.07) is 24.0. The standard InChI is InChI=1S/C36H18F6N4/c37-35(38,39)23-7-1-19(2-8-23)21-5-11-25-27-15-32-28(16-31(27)33(45-17-43)29(25)13-21)26-12-6-22(14-30(26)34(32)46-18-44)20-3-9-24(10-4-20)36(40,41)42/h1-16,33,45H. The topological polar surface area (TPSA) is 72.0 Å². The van der Waals surface area contributed by atoms with Crippen LogP contribution >= 0.6 is 0 Å². The van der Waals surface area contributed by atoms with E-state index >= 15 is 0 Å². The summed E-state index contributed by atoms with van der Waals surface area (Å²) in [4.78, 5) is 4.13. The number of benzene rings is 5. The van der Waals surface area contributed by atoms with Crippen molar-refractivity contribution in [3.05, 3.63) is 130 Å². The number of nitriles is 2. The maximum Gasteiger partial charge on any atom is 0.416 e. The van der Waals surface area contributed by atoms with Crippen LogP contribution in [0.1, 0.15) is 39.4 Å². The molecule has 0 amide bonds. The van der Waals surface area contributed by atoms with Gasteiger partial charge in [0.2, 0.25) is 6.19 Å². The Balaban J connectivity index is 1.30. The number of hydrogen-bond acceptors (Lipinski definition) is 4. The number of nitrogens with one attached hydrogen (secondary N) is 1. The van der Waals surface area contributed by atoms with E-state index in [1.165, 1.54) is 24.3 Å². The van der Waals surface area contributed by atoms with Crippen molar-refractivity contribution < 1.29 is 26.3 Å². The van der Waals surface area contributed by atoms with Gasteiger partial charge in [0.25, 0.3) is 0 Å². The molecule has 10 heteroatoms. The maximum atomic E-state index is 13.1. The van der Waals surface area contributed by atoms with Gasteiger partial charge in [0.1, 0.15) is 0 Å². The lowest BCUT2D eigenvalue weighted by Crippen LogP contribution is -2.14. The summed E-state index contributed by atoms with van der Waals surface area (Å²) in [5, 5.41) is 22.1. The first-order valence-corrected chi connectivity index (χ1v) is 13.9. The van der Waals surface area contributed by atoms with Gasteiger partial charge in [-0.3, -0.25) is 0 Å². The van der Waals surface area contributed by atoms with E-state index in [0.717, 1.165) is 57.6 Å². The molecule has 5 aromatic carbocycles. The second-order valence-electron chi connectivity index (χ2n) is 10.9. The van der Waals surface area contributed by atoms with Gasteiger partial charge in [-0.1, -0.05) is 48.5 Å². The molecule has 5 aromatic rings. The summed E-state index contributed by atoms with van der Waals surface area (Å²) in [7, 11) is 0. The van der Waals surface area contributed by atoms with Crippen molar-refractivity contribution in [3.8, 4) is 56.9 Å². The van der Waals surface area contributed by atoms with Gasteiger partial charge in [-0.15, -0.1) is 0 Å². The molecule has 1 atom stereocenters. The Hall–Kier alpha value is -5.87. The first-order chi connectivity index (χ1) is 22.0. The van der Waals surface area contributed by atoms with Crippen molar-refractivity contribution in [2.75, 3.05) is 0 Å². The van der Waals surface area contributed by atoms with E-state index in [1.807, 2.05) is 48.8 Å². The summed E-state index contributed by atoms with van der Waals surface area (Å²) >= 11 is 0. The second kappa shape index (κ2) is 10.4. The van der Waals surface area contributed by atoms with Crippen LogP contribution in [0.25, 0.3) is 44.5 Å². The molecule has 0 saturated carbocycles. The molecular formula is C36H18F6N4. The Kier molecular flexibility index (Phi) is 6.50. The smallest absolute Gasteiger partial charge is 0.312 e. The third-order valence-corrected chi connectivity index (χ3v) is 8.44. The largest absolute Gasteiger partial charge is 0.416 e. The van der Waals surface area contributed by atoms with Crippen molar-refractivity contribution in [2.45, 2.75) is 18.4 Å². The molecule has 0 aromatic heterocycles. The molecule has 4 nitrogen and oxygen atoms in total. The lowest BCUT2D eigenvalue weighted by Gasteiger charge is -2.14. The zero-order valence-corrected chi connectivity index (χ0v) is 23.4. The molecule has 0 spiro atoms. The van der Waals surface area contributed by atoms with E-state index in [1.54, 1.807) is 12.1 Å². The van der Waals surface area contributed by atoms with E-state index in [-0.39, 0.29) is 0 Å². The number of rotatable bonds is 3. The van der Waals surface area contributed by atoms with Crippen LogP contribution in [0, 0.1) is 22.9 Å². The van der Waals surface area contributed by atoms with Crippen LogP contribution in [0.15, 0.2) is 102 Å². The van der Waals surface area contributed by atoms with E-state index < -0.39 is 29.5 Å². The first kappa shape index (κ1) is 28.9. The molecule has 2 aliphatic rings.